The van der Waals surface area contributed by atoms with E-state index in [1.165, 1.54) is 24.4 Å². The second-order valence-electron chi connectivity index (χ2n) is 7.90. The Morgan fingerprint density at radius 2 is 1.70 bits per heavy atom. The molecule has 0 radical (unpaired) electrons. The summed E-state index contributed by atoms with van der Waals surface area (Å²) in [6.45, 7) is 1.29. The summed E-state index contributed by atoms with van der Waals surface area (Å²) in [5.74, 6) is 0.152. The predicted octanol–water partition coefficient (Wildman–Crippen LogP) is 6.56. The first-order valence-electron chi connectivity index (χ1n) is 10.9. The van der Waals surface area contributed by atoms with Gasteiger partial charge in [0.05, 0.1) is 26.8 Å². The van der Waals surface area contributed by atoms with E-state index in [4.69, 9.17) is 39.2 Å². The Kier molecular flexibility index (Phi) is 8.24. The number of benzene rings is 3. The quantitative estimate of drug-likeness (QED) is 0.190. The van der Waals surface area contributed by atoms with Gasteiger partial charge in [-0.15, -0.1) is 0 Å². The van der Waals surface area contributed by atoms with Crippen LogP contribution in [0.5, 0.6) is 0 Å². The Bertz CT molecular complexity index is 1570. The lowest BCUT2D eigenvalue weighted by atomic mass is 10.2. The molecule has 4 aromatic rings. The molecule has 3 aromatic carbocycles. The number of halogens is 3. The van der Waals surface area contributed by atoms with E-state index in [-0.39, 0.29) is 15.6 Å². The number of hydrogen-bond donors (Lipinski definition) is 1. The van der Waals surface area contributed by atoms with Gasteiger partial charge in [-0.2, -0.15) is 5.10 Å². The van der Waals surface area contributed by atoms with Crippen molar-refractivity contribution in [2.24, 2.45) is 5.10 Å². The van der Waals surface area contributed by atoms with E-state index in [1.807, 2.05) is 6.92 Å². The minimum atomic E-state index is -4.10. The highest BCUT2D eigenvalue weighted by Gasteiger charge is 2.28. The molecule has 190 valence electrons. The fourth-order valence-electron chi connectivity index (χ4n) is 3.38. The van der Waals surface area contributed by atoms with Crippen LogP contribution in [0.25, 0.3) is 11.3 Å². The summed E-state index contributed by atoms with van der Waals surface area (Å²) in [6, 6.07) is 21.1. The molecule has 4 rings (SSSR count). The van der Waals surface area contributed by atoms with Gasteiger partial charge in [-0.25, -0.2) is 13.8 Å². The number of sulfonamides is 1. The van der Waals surface area contributed by atoms with Gasteiger partial charge >= 0.3 is 0 Å². The summed E-state index contributed by atoms with van der Waals surface area (Å²) >= 11 is 18.4. The van der Waals surface area contributed by atoms with Crippen molar-refractivity contribution < 1.29 is 17.6 Å². The topological polar surface area (TPSA) is 92.0 Å². The molecule has 0 aliphatic carbocycles. The second-order valence-corrected chi connectivity index (χ2v) is 11.0. The first-order valence-corrected chi connectivity index (χ1v) is 13.4. The van der Waals surface area contributed by atoms with Crippen LogP contribution in [0.1, 0.15) is 11.3 Å². The number of hydrogen-bond acceptors (Lipinski definition) is 5. The molecule has 0 spiro atoms. The SMILES string of the molecule is Cc1ccc(S(=O)(=O)N(CC(=O)N/N=C/c2ccc(-c3ccc(Cl)cc3Cl)o2)c2ccccc2Cl)cc1. The van der Waals surface area contributed by atoms with Gasteiger partial charge in [0.15, 0.2) is 0 Å². The molecule has 1 N–H and O–H groups in total. The van der Waals surface area contributed by atoms with E-state index in [0.29, 0.717) is 27.1 Å². The number of aryl methyl sites for hydroxylation is 1. The highest BCUT2D eigenvalue weighted by Crippen LogP contribution is 2.32. The fourth-order valence-corrected chi connectivity index (χ4v) is 5.61. The zero-order valence-corrected chi connectivity index (χ0v) is 22.4. The van der Waals surface area contributed by atoms with Gasteiger partial charge < -0.3 is 4.42 Å². The zero-order valence-electron chi connectivity index (χ0n) is 19.4. The Morgan fingerprint density at radius 1 is 0.973 bits per heavy atom. The summed E-state index contributed by atoms with van der Waals surface area (Å²) in [6.07, 6.45) is 1.29. The van der Waals surface area contributed by atoms with Crippen LogP contribution in [0.15, 0.2) is 93.3 Å². The molecular formula is C26H20Cl3N3O4S. The number of anilines is 1. The molecule has 1 heterocycles. The average Bonchev–Trinajstić information content (AvgIpc) is 3.32. The molecule has 0 aliphatic rings. The van der Waals surface area contributed by atoms with Crippen molar-refractivity contribution in [2.75, 3.05) is 10.8 Å². The third-order valence-corrected chi connectivity index (χ3v) is 7.86. The van der Waals surface area contributed by atoms with Gasteiger partial charge in [-0.1, -0.05) is 64.6 Å². The molecule has 11 heteroatoms. The van der Waals surface area contributed by atoms with Gasteiger partial charge in [-0.3, -0.25) is 9.10 Å². The number of para-hydroxylation sites is 1. The van der Waals surface area contributed by atoms with Crippen molar-refractivity contribution >= 4 is 62.6 Å². The van der Waals surface area contributed by atoms with Crippen molar-refractivity contribution in [3.8, 4) is 11.3 Å². The summed E-state index contributed by atoms with van der Waals surface area (Å²) < 4.78 is 33.5. The minimum absolute atomic E-state index is 0.0262. The van der Waals surface area contributed by atoms with Crippen molar-refractivity contribution in [2.45, 2.75) is 11.8 Å². The van der Waals surface area contributed by atoms with E-state index < -0.39 is 22.5 Å². The Balaban J connectivity index is 1.51. The summed E-state index contributed by atoms with van der Waals surface area (Å²) in [5.41, 5.74) is 4.04. The van der Waals surface area contributed by atoms with Crippen molar-refractivity contribution in [3.05, 3.63) is 105 Å². The van der Waals surface area contributed by atoms with Crippen LogP contribution in [0.2, 0.25) is 15.1 Å². The first kappa shape index (κ1) is 26.8. The van der Waals surface area contributed by atoms with Crippen LogP contribution >= 0.6 is 34.8 Å². The lowest BCUT2D eigenvalue weighted by molar-refractivity contribution is -0.119. The number of nitrogens with zero attached hydrogens (tertiary/aromatic N) is 2. The average molecular weight is 577 g/mol. The normalized spacial score (nSPS) is 11.6. The number of amides is 1. The van der Waals surface area contributed by atoms with E-state index in [1.54, 1.807) is 60.7 Å². The largest absolute Gasteiger partial charge is 0.455 e. The van der Waals surface area contributed by atoms with Gasteiger partial charge in [0, 0.05) is 10.6 Å². The van der Waals surface area contributed by atoms with Crippen molar-refractivity contribution in [1.82, 2.24) is 5.43 Å². The lowest BCUT2D eigenvalue weighted by Gasteiger charge is -2.24. The molecule has 1 amide bonds. The van der Waals surface area contributed by atoms with Crippen LogP contribution in [-0.2, 0) is 14.8 Å². The number of hydrazone groups is 1. The highest BCUT2D eigenvalue weighted by molar-refractivity contribution is 7.92. The number of nitrogens with one attached hydrogen (secondary N) is 1. The van der Waals surface area contributed by atoms with Gasteiger partial charge in [-0.05, 0) is 61.5 Å². The van der Waals surface area contributed by atoms with Crippen molar-refractivity contribution in [3.63, 3.8) is 0 Å². The second kappa shape index (κ2) is 11.4. The van der Waals surface area contributed by atoms with E-state index >= 15 is 0 Å². The van der Waals surface area contributed by atoms with Crippen LogP contribution in [0, 0.1) is 6.92 Å². The molecule has 0 aliphatic heterocycles. The molecule has 0 bridgehead atoms. The number of rotatable bonds is 8. The number of carbonyl (C=O) groups excluding carboxylic acids is 1. The number of carbonyl (C=O) groups is 1. The smallest absolute Gasteiger partial charge is 0.264 e. The Labute approximate surface area is 229 Å². The Morgan fingerprint density at radius 3 is 2.41 bits per heavy atom. The maximum absolute atomic E-state index is 13.4. The highest BCUT2D eigenvalue weighted by atomic mass is 35.5. The monoisotopic (exact) mass is 575 g/mol. The third kappa shape index (κ3) is 6.34. The van der Waals surface area contributed by atoms with Gasteiger partial charge in [0.25, 0.3) is 15.9 Å². The molecule has 0 unspecified atom stereocenters. The van der Waals surface area contributed by atoms with E-state index in [2.05, 4.69) is 10.5 Å². The van der Waals surface area contributed by atoms with E-state index in [0.717, 1.165) is 9.87 Å². The zero-order chi connectivity index (χ0) is 26.6. The third-order valence-electron chi connectivity index (χ3n) is 5.22. The summed E-state index contributed by atoms with van der Waals surface area (Å²) in [5, 5.41) is 5.00. The maximum Gasteiger partial charge on any atom is 0.264 e. The molecule has 37 heavy (non-hydrogen) atoms. The molecule has 0 fully saturated rings. The molecule has 0 atom stereocenters. The van der Waals surface area contributed by atoms with Crippen LogP contribution < -0.4 is 9.73 Å². The summed E-state index contributed by atoms with van der Waals surface area (Å²) in [7, 11) is -4.10. The fraction of sp³-hybridized carbons (Fsp3) is 0.0769. The maximum atomic E-state index is 13.4. The summed E-state index contributed by atoms with van der Waals surface area (Å²) in [4.78, 5) is 12.8. The molecule has 0 saturated carbocycles. The van der Waals surface area contributed by atoms with Crippen LogP contribution in [-0.4, -0.2) is 27.1 Å². The molecule has 7 nitrogen and oxygen atoms in total. The van der Waals surface area contributed by atoms with Crippen molar-refractivity contribution in [1.29, 1.82) is 0 Å². The van der Waals surface area contributed by atoms with Crippen LogP contribution in [0.4, 0.5) is 5.69 Å². The Hall–Kier alpha value is -3.30. The molecule has 1 aromatic heterocycles. The van der Waals surface area contributed by atoms with Crippen LogP contribution in [0.3, 0.4) is 0 Å². The minimum Gasteiger partial charge on any atom is -0.455 e. The van der Waals surface area contributed by atoms with Gasteiger partial charge in [0.1, 0.15) is 18.1 Å². The first-order chi connectivity index (χ1) is 17.6. The standard InChI is InChI=1S/C26H20Cl3N3O4S/c1-17-6-10-20(11-7-17)37(34,35)32(24-5-3-2-4-22(24)28)16-26(33)31-30-15-19-9-13-25(36-19)21-12-8-18(27)14-23(21)29/h2-15H,16H2,1H3,(H,31,33)/b30-15+. The van der Waals surface area contributed by atoms with Gasteiger partial charge in [0.2, 0.25) is 0 Å². The molecular weight excluding hydrogens is 557 g/mol. The predicted molar refractivity (Wildman–Crippen MR) is 147 cm³/mol. The van der Waals surface area contributed by atoms with E-state index in [9.17, 15) is 13.2 Å². The molecule has 0 saturated heterocycles. The number of furan rings is 1. The lowest BCUT2D eigenvalue weighted by Crippen LogP contribution is -2.39.